The van der Waals surface area contributed by atoms with Crippen LogP contribution in [0.5, 0.6) is 0 Å². The Balaban J connectivity index is 1.43. The van der Waals surface area contributed by atoms with Crippen LogP contribution in [0.4, 0.5) is 5.69 Å². The molecular formula is C31H29N5O3S. The highest BCUT2D eigenvalue weighted by molar-refractivity contribution is 7.89. The number of amides is 1. The van der Waals surface area contributed by atoms with Gasteiger partial charge in [0.25, 0.3) is 5.91 Å². The standard InChI is InChI=1S/C31H29N5O3S/c1-23-29(31(37)36(32-23)27-15-7-3-8-16-27)21-25-22-35(26-13-5-2-6-14-26)33-30(25)24-12-11-17-28(20-24)40(38,39)34-18-9-4-10-19-34/h2-3,5-8,11-17,20-22H,4,9-10,18-19H2,1H3/b29-21-. The first-order valence-corrected chi connectivity index (χ1v) is 14.8. The lowest BCUT2D eigenvalue weighted by Gasteiger charge is -2.26. The second-order valence-electron chi connectivity index (χ2n) is 9.90. The molecule has 0 aliphatic carbocycles. The summed E-state index contributed by atoms with van der Waals surface area (Å²) in [5.41, 5.74) is 4.49. The summed E-state index contributed by atoms with van der Waals surface area (Å²) in [5.74, 6) is -0.233. The summed E-state index contributed by atoms with van der Waals surface area (Å²) in [6.07, 6.45) is 6.43. The number of anilines is 1. The van der Waals surface area contributed by atoms with Crippen molar-refractivity contribution >= 4 is 33.4 Å². The first-order chi connectivity index (χ1) is 19.4. The summed E-state index contributed by atoms with van der Waals surface area (Å²) in [4.78, 5) is 13.7. The molecule has 9 heteroatoms. The first-order valence-electron chi connectivity index (χ1n) is 13.3. The summed E-state index contributed by atoms with van der Waals surface area (Å²) >= 11 is 0. The SMILES string of the molecule is CC1=NN(c2ccccc2)C(=O)/C1=C\c1cn(-c2ccccc2)nc1-c1cccc(S(=O)(=O)N2CCCCC2)c1. The summed E-state index contributed by atoms with van der Waals surface area (Å²) in [7, 11) is -3.63. The van der Waals surface area contributed by atoms with Gasteiger partial charge in [0.1, 0.15) is 5.69 Å². The van der Waals surface area contributed by atoms with Crippen LogP contribution in [0.25, 0.3) is 23.0 Å². The maximum absolute atomic E-state index is 13.4. The molecule has 0 N–H and O–H groups in total. The van der Waals surface area contributed by atoms with Crippen molar-refractivity contribution in [2.45, 2.75) is 31.1 Å². The van der Waals surface area contributed by atoms with Crippen molar-refractivity contribution in [3.8, 4) is 16.9 Å². The van der Waals surface area contributed by atoms with E-state index in [1.807, 2.05) is 72.9 Å². The average Bonchev–Trinajstić information content (AvgIpc) is 3.55. The Labute approximate surface area is 233 Å². The molecule has 0 radical (unpaired) electrons. The summed E-state index contributed by atoms with van der Waals surface area (Å²) in [6, 6.07) is 25.9. The smallest absolute Gasteiger partial charge is 0.267 e. The van der Waals surface area contributed by atoms with Crippen molar-refractivity contribution in [1.82, 2.24) is 14.1 Å². The largest absolute Gasteiger partial charge is 0.280 e. The van der Waals surface area contributed by atoms with Gasteiger partial charge in [-0.05, 0) is 62.2 Å². The van der Waals surface area contributed by atoms with Gasteiger partial charge in [-0.3, -0.25) is 4.79 Å². The van der Waals surface area contributed by atoms with Gasteiger partial charge in [0.15, 0.2) is 0 Å². The van der Waals surface area contributed by atoms with Crippen LogP contribution in [0, 0.1) is 0 Å². The predicted molar refractivity (Wildman–Crippen MR) is 157 cm³/mol. The zero-order valence-corrected chi connectivity index (χ0v) is 23.0. The molecule has 4 aromatic rings. The van der Waals surface area contributed by atoms with Crippen LogP contribution in [-0.4, -0.2) is 47.2 Å². The van der Waals surface area contributed by atoms with Crippen LogP contribution in [0.1, 0.15) is 31.7 Å². The van der Waals surface area contributed by atoms with Crippen molar-refractivity contribution in [2.75, 3.05) is 18.1 Å². The Kier molecular flexibility index (Phi) is 6.91. The Bertz CT molecular complexity index is 1720. The number of carbonyl (C=O) groups excluding carboxylic acids is 1. The van der Waals surface area contributed by atoms with E-state index in [4.69, 9.17) is 5.10 Å². The number of hydrogen-bond acceptors (Lipinski definition) is 5. The van der Waals surface area contributed by atoms with Crippen molar-refractivity contribution in [2.24, 2.45) is 5.10 Å². The number of para-hydroxylation sites is 2. The number of sulfonamides is 1. The molecule has 0 atom stereocenters. The molecule has 0 spiro atoms. The predicted octanol–water partition coefficient (Wildman–Crippen LogP) is 5.52. The van der Waals surface area contributed by atoms with Crippen LogP contribution < -0.4 is 5.01 Å². The molecule has 1 fully saturated rings. The van der Waals surface area contributed by atoms with E-state index in [1.165, 1.54) is 5.01 Å². The molecule has 8 nitrogen and oxygen atoms in total. The second-order valence-corrected chi connectivity index (χ2v) is 11.8. The minimum atomic E-state index is -3.63. The number of carbonyl (C=O) groups is 1. The first kappa shape index (κ1) is 25.9. The molecule has 0 unspecified atom stereocenters. The fourth-order valence-electron chi connectivity index (χ4n) is 5.07. The molecule has 6 rings (SSSR count). The Morgan fingerprint density at radius 2 is 1.50 bits per heavy atom. The molecule has 202 valence electrons. The van der Waals surface area contributed by atoms with E-state index in [-0.39, 0.29) is 10.8 Å². The number of hydrazone groups is 1. The van der Waals surface area contributed by atoms with Gasteiger partial charge in [0.05, 0.1) is 27.6 Å². The molecule has 2 aliphatic rings. The molecule has 2 aliphatic heterocycles. The van der Waals surface area contributed by atoms with Gasteiger partial charge >= 0.3 is 0 Å². The molecule has 0 bridgehead atoms. The average molecular weight is 552 g/mol. The van der Waals surface area contributed by atoms with Crippen molar-refractivity contribution in [3.63, 3.8) is 0 Å². The maximum Gasteiger partial charge on any atom is 0.280 e. The summed E-state index contributed by atoms with van der Waals surface area (Å²) in [6.45, 7) is 2.87. The van der Waals surface area contributed by atoms with Gasteiger partial charge in [0.2, 0.25) is 10.0 Å². The van der Waals surface area contributed by atoms with Gasteiger partial charge in [-0.25, -0.2) is 13.1 Å². The highest BCUT2D eigenvalue weighted by Crippen LogP contribution is 2.31. The minimum absolute atomic E-state index is 0.233. The summed E-state index contributed by atoms with van der Waals surface area (Å²) in [5, 5.41) is 10.8. The third-order valence-corrected chi connectivity index (χ3v) is 9.08. The molecule has 3 aromatic carbocycles. The number of benzene rings is 3. The molecule has 40 heavy (non-hydrogen) atoms. The number of nitrogens with zero attached hydrogens (tertiary/aromatic N) is 5. The van der Waals surface area contributed by atoms with Crippen LogP contribution in [0.15, 0.2) is 107 Å². The quantitative estimate of drug-likeness (QED) is 0.295. The number of hydrogen-bond donors (Lipinski definition) is 0. The van der Waals surface area contributed by atoms with E-state index < -0.39 is 10.0 Å². The number of piperidine rings is 1. The van der Waals surface area contributed by atoms with Crippen LogP contribution in [-0.2, 0) is 14.8 Å². The van der Waals surface area contributed by atoms with Crippen molar-refractivity contribution in [1.29, 1.82) is 0 Å². The fraction of sp³-hybridized carbons (Fsp3) is 0.194. The van der Waals surface area contributed by atoms with Gasteiger partial charge in [-0.2, -0.15) is 19.5 Å². The molecule has 0 saturated carbocycles. The molecule has 1 amide bonds. The lowest BCUT2D eigenvalue weighted by Crippen LogP contribution is -2.35. The zero-order valence-electron chi connectivity index (χ0n) is 22.1. The minimum Gasteiger partial charge on any atom is -0.267 e. The van der Waals surface area contributed by atoms with Gasteiger partial charge in [-0.1, -0.05) is 55.0 Å². The Morgan fingerprint density at radius 1 is 0.825 bits per heavy atom. The monoisotopic (exact) mass is 551 g/mol. The van der Waals surface area contributed by atoms with E-state index >= 15 is 0 Å². The lowest BCUT2D eigenvalue weighted by atomic mass is 10.0. The van der Waals surface area contributed by atoms with Gasteiger partial charge in [0, 0.05) is 30.4 Å². The van der Waals surface area contributed by atoms with Crippen LogP contribution in [0.2, 0.25) is 0 Å². The van der Waals surface area contributed by atoms with Gasteiger partial charge < -0.3 is 0 Å². The van der Waals surface area contributed by atoms with Crippen LogP contribution in [0.3, 0.4) is 0 Å². The molecule has 3 heterocycles. The van der Waals surface area contributed by atoms with Gasteiger partial charge in [-0.15, -0.1) is 0 Å². The second kappa shape index (κ2) is 10.7. The molecular weight excluding hydrogens is 522 g/mol. The maximum atomic E-state index is 13.4. The summed E-state index contributed by atoms with van der Waals surface area (Å²) < 4.78 is 30.2. The van der Waals surface area contributed by atoms with E-state index in [0.717, 1.165) is 24.9 Å². The van der Waals surface area contributed by atoms with E-state index in [0.29, 0.717) is 46.9 Å². The van der Waals surface area contributed by atoms with Crippen molar-refractivity contribution < 1.29 is 13.2 Å². The highest BCUT2D eigenvalue weighted by Gasteiger charge is 2.30. The Morgan fingerprint density at radius 3 is 2.20 bits per heavy atom. The third-order valence-electron chi connectivity index (χ3n) is 7.19. The molecule has 1 saturated heterocycles. The van der Waals surface area contributed by atoms with Crippen LogP contribution >= 0.6 is 0 Å². The van der Waals surface area contributed by atoms with E-state index in [2.05, 4.69) is 5.10 Å². The zero-order chi connectivity index (χ0) is 27.7. The normalized spacial score (nSPS) is 17.4. The lowest BCUT2D eigenvalue weighted by molar-refractivity contribution is -0.114. The topological polar surface area (TPSA) is 87.9 Å². The van der Waals surface area contributed by atoms with E-state index in [1.54, 1.807) is 40.2 Å². The molecule has 1 aromatic heterocycles. The fourth-order valence-corrected chi connectivity index (χ4v) is 6.64. The number of rotatable bonds is 6. The highest BCUT2D eigenvalue weighted by atomic mass is 32.2. The number of aromatic nitrogens is 2. The third kappa shape index (κ3) is 4.89. The Hall–Kier alpha value is -4.34. The van der Waals surface area contributed by atoms with Crippen molar-refractivity contribution in [3.05, 3.63) is 102 Å². The van der Waals surface area contributed by atoms with E-state index in [9.17, 15) is 13.2 Å².